The van der Waals surface area contributed by atoms with E-state index in [1.807, 2.05) is 70.7 Å². The van der Waals surface area contributed by atoms with Gasteiger partial charge in [-0.05, 0) is 41.9 Å². The predicted molar refractivity (Wildman–Crippen MR) is 244 cm³/mol. The van der Waals surface area contributed by atoms with Crippen LogP contribution in [0.25, 0.3) is 0 Å². The van der Waals surface area contributed by atoms with Gasteiger partial charge in [0, 0.05) is 51.5 Å². The molecule has 3 aromatic rings. The molecule has 0 fully saturated rings. The maximum absolute atomic E-state index is 12.9. The average Bonchev–Trinajstić information content (AvgIpc) is 3.28. The van der Waals surface area contributed by atoms with Gasteiger partial charge in [-0.3, -0.25) is 9.59 Å². The Morgan fingerprint density at radius 3 is 1.79 bits per heavy atom. The summed E-state index contributed by atoms with van der Waals surface area (Å²) in [4.78, 5) is 38.2. The first-order chi connectivity index (χ1) is 29.4. The normalized spacial score (nSPS) is 15.4. The fourth-order valence-electron chi connectivity index (χ4n) is 7.60. The van der Waals surface area contributed by atoms with Crippen LogP contribution in [0, 0.1) is 23.7 Å². The van der Waals surface area contributed by atoms with Crippen LogP contribution >= 0.6 is 11.8 Å². The number of benzene rings is 3. The van der Waals surface area contributed by atoms with Crippen LogP contribution in [-0.4, -0.2) is 101 Å². The molecule has 61 heavy (non-hydrogen) atoms. The number of methoxy groups -OCH3 is 2. The predicted octanol–water partition coefficient (Wildman–Crippen LogP) is 9.35. The maximum atomic E-state index is 12.9. The third-order valence-corrected chi connectivity index (χ3v) is 12.7. The zero-order chi connectivity index (χ0) is 44.6. The highest BCUT2D eigenvalue weighted by Gasteiger charge is 2.37. The molecule has 0 saturated heterocycles. The van der Waals surface area contributed by atoms with Crippen LogP contribution in [0.3, 0.4) is 0 Å². The molecular formula is C50H71NO9S. The van der Waals surface area contributed by atoms with Gasteiger partial charge in [0.1, 0.15) is 18.8 Å². The topological polar surface area (TPSA) is 110 Å². The number of hydrogen-bond donors (Lipinski definition) is 0. The Bertz CT molecular complexity index is 1600. The Hall–Kier alpha value is -4.00. The second-order valence-corrected chi connectivity index (χ2v) is 17.3. The summed E-state index contributed by atoms with van der Waals surface area (Å²) in [6, 6.07) is 31.8. The minimum Gasteiger partial charge on any atom is -0.462 e. The van der Waals surface area contributed by atoms with E-state index in [9.17, 15) is 14.4 Å². The largest absolute Gasteiger partial charge is 0.462 e. The SMILES string of the molecule is CC[C@H](C[C@H](OC)[C@@H](C)CCC(OC(=O)C(C)C)[C@H](C)[C@H](OC)[C@H](C)/C=C/N(C)C=O)OC(=O)COCCOCCSC(c1ccccc1)(c1ccccc1)c1ccccc1. The molecule has 0 aliphatic heterocycles. The second kappa shape index (κ2) is 27.8. The molecule has 3 rings (SSSR count). The number of nitrogens with zero attached hydrogens (tertiary/aromatic N) is 1. The highest BCUT2D eigenvalue weighted by molar-refractivity contribution is 8.00. The zero-order valence-corrected chi connectivity index (χ0v) is 38.7. The van der Waals surface area contributed by atoms with Crippen molar-refractivity contribution in [3.8, 4) is 0 Å². The third-order valence-electron chi connectivity index (χ3n) is 11.2. The van der Waals surface area contributed by atoms with Crippen molar-refractivity contribution in [2.75, 3.05) is 53.4 Å². The van der Waals surface area contributed by atoms with Crippen molar-refractivity contribution in [3.63, 3.8) is 0 Å². The highest BCUT2D eigenvalue weighted by atomic mass is 32.2. The Morgan fingerprint density at radius 1 is 0.738 bits per heavy atom. The lowest BCUT2D eigenvalue weighted by atomic mass is 9.84. The van der Waals surface area contributed by atoms with Gasteiger partial charge in [0.25, 0.3) is 0 Å². The first kappa shape index (κ1) is 51.4. The van der Waals surface area contributed by atoms with Crippen molar-refractivity contribution in [1.29, 1.82) is 0 Å². The smallest absolute Gasteiger partial charge is 0.332 e. The molecule has 10 nitrogen and oxygen atoms in total. The summed E-state index contributed by atoms with van der Waals surface area (Å²) in [5.74, 6) is -0.309. The van der Waals surface area contributed by atoms with E-state index < -0.39 is 16.8 Å². The van der Waals surface area contributed by atoms with Gasteiger partial charge >= 0.3 is 11.9 Å². The Morgan fingerprint density at radius 2 is 1.30 bits per heavy atom. The lowest BCUT2D eigenvalue weighted by Crippen LogP contribution is -2.39. The van der Waals surface area contributed by atoms with Gasteiger partial charge in [-0.25, -0.2) is 4.79 Å². The monoisotopic (exact) mass is 861 g/mol. The Balaban J connectivity index is 1.49. The van der Waals surface area contributed by atoms with Crippen LogP contribution < -0.4 is 0 Å². The summed E-state index contributed by atoms with van der Waals surface area (Å²) in [6.45, 7) is 12.8. The van der Waals surface area contributed by atoms with Crippen molar-refractivity contribution < 1.29 is 42.8 Å². The van der Waals surface area contributed by atoms with E-state index in [1.54, 1.807) is 27.5 Å². The van der Waals surface area contributed by atoms with Crippen LogP contribution in [0.2, 0.25) is 0 Å². The first-order valence-corrected chi connectivity index (χ1v) is 22.7. The molecule has 0 aromatic heterocycles. The number of esters is 2. The molecule has 0 spiro atoms. The summed E-state index contributed by atoms with van der Waals surface area (Å²) in [5.41, 5.74) is 3.61. The van der Waals surface area contributed by atoms with Gasteiger partial charge in [0.15, 0.2) is 0 Å². The lowest BCUT2D eigenvalue weighted by molar-refractivity contribution is -0.159. The molecule has 0 radical (unpaired) electrons. The molecule has 0 aliphatic rings. The van der Waals surface area contributed by atoms with Gasteiger partial charge in [0.2, 0.25) is 6.41 Å². The molecule has 11 heteroatoms. The van der Waals surface area contributed by atoms with E-state index in [0.717, 1.165) is 12.2 Å². The summed E-state index contributed by atoms with van der Waals surface area (Å²) < 4.78 is 35.0. The van der Waals surface area contributed by atoms with Crippen molar-refractivity contribution in [2.45, 2.75) is 96.4 Å². The summed E-state index contributed by atoms with van der Waals surface area (Å²) >= 11 is 1.84. The molecule has 1 unspecified atom stereocenters. The van der Waals surface area contributed by atoms with Gasteiger partial charge in [-0.1, -0.05) is 139 Å². The number of carbonyl (C=O) groups is 3. The molecule has 0 aliphatic carbocycles. The zero-order valence-electron chi connectivity index (χ0n) is 37.9. The van der Waals surface area contributed by atoms with E-state index in [2.05, 4.69) is 79.7 Å². The number of rotatable bonds is 30. The van der Waals surface area contributed by atoms with Gasteiger partial charge in [-0.15, -0.1) is 11.8 Å². The van der Waals surface area contributed by atoms with Gasteiger partial charge < -0.3 is 33.3 Å². The summed E-state index contributed by atoms with van der Waals surface area (Å²) in [5, 5.41) is 0. The van der Waals surface area contributed by atoms with Crippen molar-refractivity contribution in [3.05, 3.63) is 120 Å². The maximum Gasteiger partial charge on any atom is 0.332 e. The second-order valence-electron chi connectivity index (χ2n) is 16.0. The molecule has 336 valence electrons. The van der Waals surface area contributed by atoms with Crippen LogP contribution in [-0.2, 0) is 47.6 Å². The highest BCUT2D eigenvalue weighted by Crippen LogP contribution is 2.48. The quantitative estimate of drug-likeness (QED) is 0.0279. The van der Waals surface area contributed by atoms with E-state index in [4.69, 9.17) is 28.4 Å². The van der Waals surface area contributed by atoms with Crippen LogP contribution in [0.15, 0.2) is 103 Å². The number of thioether (sulfide) groups is 1. The lowest BCUT2D eigenvalue weighted by Gasteiger charge is -2.35. The minimum absolute atomic E-state index is 0.0426. The number of hydrogen-bond acceptors (Lipinski definition) is 10. The Labute approximate surface area is 370 Å². The minimum atomic E-state index is -0.425. The van der Waals surface area contributed by atoms with E-state index in [0.29, 0.717) is 38.9 Å². The first-order valence-electron chi connectivity index (χ1n) is 21.7. The fourth-order valence-corrected chi connectivity index (χ4v) is 9.01. The molecule has 3 aromatic carbocycles. The van der Waals surface area contributed by atoms with Crippen LogP contribution in [0.5, 0.6) is 0 Å². The molecular weight excluding hydrogens is 791 g/mol. The van der Waals surface area contributed by atoms with Gasteiger partial charge in [0.05, 0.1) is 42.7 Å². The van der Waals surface area contributed by atoms with E-state index >= 15 is 0 Å². The average molecular weight is 862 g/mol. The molecule has 0 saturated carbocycles. The summed E-state index contributed by atoms with van der Waals surface area (Å²) in [6.07, 6.45) is 5.65. The molecule has 7 atom stereocenters. The Kier molecular flexibility index (Phi) is 23.4. The van der Waals surface area contributed by atoms with Crippen molar-refractivity contribution in [1.82, 2.24) is 4.90 Å². The van der Waals surface area contributed by atoms with Crippen molar-refractivity contribution >= 4 is 30.1 Å². The fraction of sp³-hybridized carbons (Fsp3) is 0.540. The molecule has 0 bridgehead atoms. The van der Waals surface area contributed by atoms with Crippen LogP contribution in [0.1, 0.15) is 83.9 Å². The van der Waals surface area contributed by atoms with E-state index in [-0.39, 0.29) is 61.2 Å². The van der Waals surface area contributed by atoms with Gasteiger partial charge in [-0.2, -0.15) is 0 Å². The summed E-state index contributed by atoms with van der Waals surface area (Å²) in [7, 11) is 5.00. The van der Waals surface area contributed by atoms with E-state index in [1.165, 1.54) is 21.6 Å². The van der Waals surface area contributed by atoms with Crippen molar-refractivity contribution in [2.24, 2.45) is 23.7 Å². The molecule has 0 N–H and O–H groups in total. The number of ether oxygens (including phenoxy) is 6. The molecule has 1 amide bonds. The van der Waals surface area contributed by atoms with Crippen LogP contribution in [0.4, 0.5) is 0 Å². The number of amides is 1. The molecule has 0 heterocycles. The third kappa shape index (κ3) is 16.3. The number of carbonyl (C=O) groups excluding carboxylic acids is 3. The standard InChI is InChI=1S/C50H71NO9S/c1-10-44(34-46(55-8)38(4)26-27-45(60-49(54)37(2)3)40(6)48(56-9)39(5)28-29-51(7)36-52)59-47(53)35-58-31-30-57-32-33-61-50(41-20-14-11-15-21-41,42-22-16-12-17-23-42)43-24-18-13-19-25-43/h11-25,28-29,36-40,44-46,48H,10,26-27,30-35H2,1-9H3/b29-28+/t38-,39+,40-,44+,45?,46-,48+/m0/s1.